The van der Waals surface area contributed by atoms with E-state index in [9.17, 15) is 0 Å². The van der Waals surface area contributed by atoms with Crippen LogP contribution in [0.15, 0.2) is 43.1 Å². The van der Waals surface area contributed by atoms with Crippen molar-refractivity contribution in [1.29, 1.82) is 5.26 Å². The zero-order valence-corrected chi connectivity index (χ0v) is 10.3. The SMILES string of the molecule is CN(C)C=C(C#N)n1cc(-c2cccnc2)cn1. The van der Waals surface area contributed by atoms with Crippen LogP contribution in [0, 0.1) is 11.3 Å². The van der Waals surface area contributed by atoms with Gasteiger partial charge in [-0.15, -0.1) is 0 Å². The molecule has 0 N–H and O–H groups in total. The largest absolute Gasteiger partial charge is 0.381 e. The number of allylic oxidation sites excluding steroid dienone is 1. The summed E-state index contributed by atoms with van der Waals surface area (Å²) in [6.07, 6.45) is 8.75. The highest BCUT2D eigenvalue weighted by atomic mass is 15.3. The second-order valence-corrected chi connectivity index (χ2v) is 4.01. The molecule has 0 aliphatic heterocycles. The lowest BCUT2D eigenvalue weighted by Gasteiger charge is -2.05. The van der Waals surface area contributed by atoms with Crippen LogP contribution in [-0.2, 0) is 0 Å². The van der Waals surface area contributed by atoms with Gasteiger partial charge in [0, 0.05) is 50.0 Å². The molecule has 2 aromatic heterocycles. The Morgan fingerprint density at radius 3 is 2.83 bits per heavy atom. The van der Waals surface area contributed by atoms with Crippen molar-refractivity contribution < 1.29 is 0 Å². The highest BCUT2D eigenvalue weighted by molar-refractivity contribution is 5.65. The molecule has 0 amide bonds. The minimum Gasteiger partial charge on any atom is -0.381 e. The van der Waals surface area contributed by atoms with Crippen LogP contribution in [-0.4, -0.2) is 33.8 Å². The molecule has 0 aromatic carbocycles. The number of hydrogen-bond acceptors (Lipinski definition) is 4. The van der Waals surface area contributed by atoms with Gasteiger partial charge in [-0.3, -0.25) is 4.98 Å². The molecule has 5 heteroatoms. The molecule has 0 atom stereocenters. The summed E-state index contributed by atoms with van der Waals surface area (Å²) < 4.78 is 1.56. The molecule has 2 rings (SSSR count). The number of nitriles is 1. The van der Waals surface area contributed by atoms with Gasteiger partial charge >= 0.3 is 0 Å². The third-order valence-corrected chi connectivity index (χ3v) is 2.32. The van der Waals surface area contributed by atoms with Crippen LogP contribution < -0.4 is 0 Å². The molecule has 0 saturated heterocycles. The standard InChI is InChI=1S/C13H13N5/c1-17(2)10-13(6-14)18-9-12(8-16-18)11-4-3-5-15-7-11/h3-5,7-10H,1-2H3. The third-order valence-electron chi connectivity index (χ3n) is 2.32. The van der Waals surface area contributed by atoms with Gasteiger partial charge < -0.3 is 4.90 Å². The van der Waals surface area contributed by atoms with Crippen molar-refractivity contribution in [1.82, 2.24) is 19.7 Å². The lowest BCUT2D eigenvalue weighted by Crippen LogP contribution is -2.05. The molecular formula is C13H13N5. The van der Waals surface area contributed by atoms with E-state index >= 15 is 0 Å². The van der Waals surface area contributed by atoms with E-state index in [1.54, 1.807) is 29.5 Å². The monoisotopic (exact) mass is 239 g/mol. The van der Waals surface area contributed by atoms with Gasteiger partial charge in [-0.1, -0.05) is 6.07 Å². The van der Waals surface area contributed by atoms with Gasteiger partial charge in [0.1, 0.15) is 6.07 Å². The van der Waals surface area contributed by atoms with Gasteiger partial charge in [-0.25, -0.2) is 4.68 Å². The quantitative estimate of drug-likeness (QED) is 0.767. The molecule has 0 aliphatic rings. The Morgan fingerprint density at radius 2 is 2.22 bits per heavy atom. The summed E-state index contributed by atoms with van der Waals surface area (Å²) in [7, 11) is 3.73. The molecule has 0 spiro atoms. The zero-order chi connectivity index (χ0) is 13.0. The van der Waals surface area contributed by atoms with Crippen LogP contribution in [0.5, 0.6) is 0 Å². The van der Waals surface area contributed by atoms with Gasteiger partial charge in [-0.05, 0) is 6.07 Å². The van der Waals surface area contributed by atoms with Gasteiger partial charge in [0.15, 0.2) is 5.70 Å². The second kappa shape index (κ2) is 5.15. The first-order chi connectivity index (χ1) is 8.70. The molecule has 0 radical (unpaired) electrons. The Bertz CT molecular complexity index is 589. The minimum absolute atomic E-state index is 0.468. The first-order valence-corrected chi connectivity index (χ1v) is 5.44. The molecule has 0 bridgehead atoms. The van der Waals surface area contributed by atoms with E-state index < -0.39 is 0 Å². The molecule has 0 aliphatic carbocycles. The van der Waals surface area contributed by atoms with Gasteiger partial charge in [0.25, 0.3) is 0 Å². The fourth-order valence-corrected chi connectivity index (χ4v) is 1.52. The van der Waals surface area contributed by atoms with Crippen molar-refractivity contribution in [3.63, 3.8) is 0 Å². The molecule has 5 nitrogen and oxygen atoms in total. The summed E-state index contributed by atoms with van der Waals surface area (Å²) in [5.74, 6) is 0. The van der Waals surface area contributed by atoms with E-state index in [1.165, 1.54) is 0 Å². The van der Waals surface area contributed by atoms with E-state index in [2.05, 4.69) is 16.2 Å². The van der Waals surface area contributed by atoms with Crippen molar-refractivity contribution in [2.75, 3.05) is 14.1 Å². The topological polar surface area (TPSA) is 57.7 Å². The van der Waals surface area contributed by atoms with Crippen molar-refractivity contribution in [3.05, 3.63) is 43.1 Å². The molecule has 90 valence electrons. The van der Waals surface area contributed by atoms with E-state index in [4.69, 9.17) is 5.26 Å². The number of aromatic nitrogens is 3. The Kier molecular flexibility index (Phi) is 3.39. The Balaban J connectivity index is 2.34. The zero-order valence-electron chi connectivity index (χ0n) is 10.3. The Hall–Kier alpha value is -2.61. The molecule has 18 heavy (non-hydrogen) atoms. The molecule has 0 saturated carbocycles. The number of hydrogen-bond donors (Lipinski definition) is 0. The second-order valence-electron chi connectivity index (χ2n) is 4.01. The van der Waals surface area contributed by atoms with Crippen LogP contribution >= 0.6 is 0 Å². The molecule has 0 fully saturated rings. The molecule has 0 unspecified atom stereocenters. The number of rotatable bonds is 3. The third kappa shape index (κ3) is 2.55. The highest BCUT2D eigenvalue weighted by Crippen LogP contribution is 2.18. The van der Waals surface area contributed by atoms with Crippen molar-refractivity contribution in [2.45, 2.75) is 0 Å². The number of pyridine rings is 1. The fraction of sp³-hybridized carbons (Fsp3) is 0.154. The maximum atomic E-state index is 9.09. The molecule has 2 heterocycles. The first-order valence-electron chi connectivity index (χ1n) is 5.44. The summed E-state index contributed by atoms with van der Waals surface area (Å²) in [5.41, 5.74) is 2.38. The van der Waals surface area contributed by atoms with Crippen LogP contribution in [0.25, 0.3) is 16.8 Å². The summed E-state index contributed by atoms with van der Waals surface area (Å²) in [6, 6.07) is 5.94. The fourth-order valence-electron chi connectivity index (χ4n) is 1.52. The van der Waals surface area contributed by atoms with Gasteiger partial charge in [-0.2, -0.15) is 10.4 Å². The lowest BCUT2D eigenvalue weighted by atomic mass is 10.2. The summed E-state index contributed by atoms with van der Waals surface area (Å²) in [4.78, 5) is 5.87. The van der Waals surface area contributed by atoms with Gasteiger partial charge in [0.2, 0.25) is 0 Å². The predicted octanol–water partition coefficient (Wildman–Crippen LogP) is 1.83. The van der Waals surface area contributed by atoms with Crippen molar-refractivity contribution in [2.24, 2.45) is 0 Å². The smallest absolute Gasteiger partial charge is 0.157 e. The maximum Gasteiger partial charge on any atom is 0.157 e. The van der Waals surface area contributed by atoms with E-state index in [0.717, 1.165) is 11.1 Å². The minimum atomic E-state index is 0.468. The average molecular weight is 239 g/mol. The summed E-state index contributed by atoms with van der Waals surface area (Å²) in [6.45, 7) is 0. The lowest BCUT2D eigenvalue weighted by molar-refractivity contribution is 0.562. The number of nitrogens with zero attached hydrogens (tertiary/aromatic N) is 5. The summed E-state index contributed by atoms with van der Waals surface area (Å²) in [5, 5.41) is 13.3. The van der Waals surface area contributed by atoms with Gasteiger partial charge in [0.05, 0.1) is 6.20 Å². The van der Waals surface area contributed by atoms with Crippen LogP contribution in [0.1, 0.15) is 0 Å². The van der Waals surface area contributed by atoms with Crippen LogP contribution in [0.4, 0.5) is 0 Å². The van der Waals surface area contributed by atoms with Crippen molar-refractivity contribution in [3.8, 4) is 17.2 Å². The average Bonchev–Trinajstić information content (AvgIpc) is 2.86. The van der Waals surface area contributed by atoms with E-state index in [-0.39, 0.29) is 0 Å². The normalized spacial score (nSPS) is 11.1. The Morgan fingerprint density at radius 1 is 1.39 bits per heavy atom. The van der Waals surface area contributed by atoms with E-state index in [1.807, 2.05) is 37.3 Å². The van der Waals surface area contributed by atoms with Crippen LogP contribution in [0.3, 0.4) is 0 Å². The Labute approximate surface area is 106 Å². The predicted molar refractivity (Wildman–Crippen MR) is 69.0 cm³/mol. The maximum absolute atomic E-state index is 9.09. The first kappa shape index (κ1) is 11.9. The van der Waals surface area contributed by atoms with E-state index in [0.29, 0.717) is 5.70 Å². The van der Waals surface area contributed by atoms with Crippen molar-refractivity contribution >= 4 is 5.70 Å². The summed E-state index contributed by atoms with van der Waals surface area (Å²) >= 11 is 0. The van der Waals surface area contributed by atoms with Crippen LogP contribution in [0.2, 0.25) is 0 Å². The molecular weight excluding hydrogens is 226 g/mol. The molecule has 2 aromatic rings. The highest BCUT2D eigenvalue weighted by Gasteiger charge is 2.05.